The molecule has 1 heterocycles. The van der Waals surface area contributed by atoms with Crippen LogP contribution >= 0.6 is 23.9 Å². The number of aryl methyl sites for hydroxylation is 1. The van der Waals surface area contributed by atoms with E-state index in [9.17, 15) is 4.79 Å². The van der Waals surface area contributed by atoms with Crippen LogP contribution in [0.1, 0.15) is 11.1 Å². The highest BCUT2D eigenvalue weighted by Crippen LogP contribution is 2.25. The van der Waals surface area contributed by atoms with E-state index < -0.39 is 0 Å². The summed E-state index contributed by atoms with van der Waals surface area (Å²) < 4.78 is 13.6. The zero-order valence-corrected chi connectivity index (χ0v) is 15.8. The highest BCUT2D eigenvalue weighted by molar-refractivity contribution is 7.80. The highest BCUT2D eigenvalue weighted by Gasteiger charge is 2.10. The van der Waals surface area contributed by atoms with Crippen LogP contribution in [0.25, 0.3) is 17.1 Å². The minimum Gasteiger partial charge on any atom is -0.497 e. The Bertz CT molecular complexity index is 981. The van der Waals surface area contributed by atoms with Gasteiger partial charge in [-0.25, -0.2) is 0 Å². The second-order valence-corrected chi connectivity index (χ2v) is 6.38. The Kier molecular flexibility index (Phi) is 5.55. The van der Waals surface area contributed by atoms with E-state index in [0.29, 0.717) is 0 Å². The maximum atomic E-state index is 12.1. The summed E-state index contributed by atoms with van der Waals surface area (Å²) in [6, 6.07) is 11.2. The Morgan fingerprint density at radius 1 is 1.19 bits per heavy atom. The topological polar surface area (TPSA) is 76.1 Å². The average molecular weight is 384 g/mol. The molecule has 2 N–H and O–H groups in total. The molecule has 0 atom stereocenters. The van der Waals surface area contributed by atoms with Gasteiger partial charge in [0.05, 0.1) is 24.5 Å². The highest BCUT2D eigenvalue weighted by atomic mass is 32.1. The molecule has 1 amide bonds. The Morgan fingerprint density at radius 2 is 1.96 bits per heavy atom. The van der Waals surface area contributed by atoms with Crippen molar-refractivity contribution >= 4 is 57.8 Å². The number of carbonyl (C=O) groups is 1. The molecular weight excluding hydrogens is 368 g/mol. The van der Waals surface area contributed by atoms with Crippen molar-refractivity contribution in [2.75, 3.05) is 12.4 Å². The maximum absolute atomic E-state index is 12.1. The fourth-order valence-electron chi connectivity index (χ4n) is 2.30. The smallest absolute Gasteiger partial charge is 0.250 e. The standard InChI is InChI=1S/C18H16N4O2S2/c1-11-3-9-14-17(22-26-21-14)16(11)20-18(25)19-15(23)10-6-12-4-7-13(24-2)8-5-12/h3-10H,1-2H3,(H2,19,20,23,25)/b10-6+. The van der Waals surface area contributed by atoms with E-state index in [-0.39, 0.29) is 11.0 Å². The van der Waals surface area contributed by atoms with Crippen LogP contribution < -0.4 is 15.4 Å². The molecule has 26 heavy (non-hydrogen) atoms. The third-order valence-electron chi connectivity index (χ3n) is 3.65. The molecule has 0 aliphatic rings. The molecule has 1 aromatic heterocycles. The first-order valence-electron chi connectivity index (χ1n) is 7.73. The third-order valence-corrected chi connectivity index (χ3v) is 4.40. The Labute approximate surface area is 160 Å². The van der Waals surface area contributed by atoms with E-state index in [1.165, 1.54) is 6.08 Å². The third kappa shape index (κ3) is 4.22. The first-order valence-corrected chi connectivity index (χ1v) is 8.86. The van der Waals surface area contributed by atoms with Gasteiger partial charge in [-0.05, 0) is 54.5 Å². The van der Waals surface area contributed by atoms with Crippen LogP contribution in [0.2, 0.25) is 0 Å². The van der Waals surface area contributed by atoms with Crippen molar-refractivity contribution in [1.29, 1.82) is 0 Å². The van der Waals surface area contributed by atoms with Gasteiger partial charge < -0.3 is 10.1 Å². The number of nitrogens with one attached hydrogen (secondary N) is 2. The van der Waals surface area contributed by atoms with Crippen molar-refractivity contribution < 1.29 is 9.53 Å². The number of nitrogens with zero attached hydrogens (tertiary/aromatic N) is 2. The van der Waals surface area contributed by atoms with E-state index in [0.717, 1.165) is 45.3 Å². The number of rotatable bonds is 4. The van der Waals surface area contributed by atoms with E-state index >= 15 is 0 Å². The van der Waals surface area contributed by atoms with Crippen LogP contribution in [0.3, 0.4) is 0 Å². The first-order chi connectivity index (χ1) is 12.6. The molecule has 0 unspecified atom stereocenters. The van der Waals surface area contributed by atoms with Gasteiger partial charge in [0.1, 0.15) is 16.8 Å². The van der Waals surface area contributed by atoms with Gasteiger partial charge in [0.2, 0.25) is 5.91 Å². The summed E-state index contributed by atoms with van der Waals surface area (Å²) in [6.45, 7) is 1.94. The fraction of sp³-hybridized carbons (Fsp3) is 0.111. The number of carbonyl (C=O) groups excluding carboxylic acids is 1. The average Bonchev–Trinajstić information content (AvgIpc) is 3.12. The summed E-state index contributed by atoms with van der Waals surface area (Å²) in [7, 11) is 1.61. The van der Waals surface area contributed by atoms with Crippen molar-refractivity contribution in [3.8, 4) is 5.75 Å². The van der Waals surface area contributed by atoms with Gasteiger partial charge in [-0.15, -0.1) is 0 Å². The second kappa shape index (κ2) is 8.03. The number of aromatic nitrogens is 2. The van der Waals surface area contributed by atoms with E-state index in [4.69, 9.17) is 17.0 Å². The summed E-state index contributed by atoms with van der Waals surface area (Å²) in [6.07, 6.45) is 3.13. The van der Waals surface area contributed by atoms with Crippen molar-refractivity contribution in [2.24, 2.45) is 0 Å². The first kappa shape index (κ1) is 18.0. The second-order valence-electron chi connectivity index (χ2n) is 5.44. The molecule has 0 saturated carbocycles. The summed E-state index contributed by atoms with van der Waals surface area (Å²) >= 11 is 6.37. The van der Waals surface area contributed by atoms with Gasteiger partial charge in [0.15, 0.2) is 5.11 Å². The Morgan fingerprint density at radius 3 is 2.69 bits per heavy atom. The monoisotopic (exact) mass is 384 g/mol. The summed E-state index contributed by atoms with van der Waals surface area (Å²) in [5.41, 5.74) is 4.13. The van der Waals surface area contributed by atoms with Gasteiger partial charge in [-0.3, -0.25) is 10.1 Å². The van der Waals surface area contributed by atoms with Gasteiger partial charge in [-0.1, -0.05) is 18.2 Å². The summed E-state index contributed by atoms with van der Waals surface area (Å²) in [5.74, 6) is 0.442. The molecule has 0 bridgehead atoms. The van der Waals surface area contributed by atoms with Gasteiger partial charge in [0, 0.05) is 6.08 Å². The van der Waals surface area contributed by atoms with Crippen molar-refractivity contribution in [3.63, 3.8) is 0 Å². The van der Waals surface area contributed by atoms with Crippen molar-refractivity contribution in [3.05, 3.63) is 53.6 Å². The molecule has 0 spiro atoms. The molecule has 0 aliphatic heterocycles. The predicted octanol–water partition coefficient (Wildman–Crippen LogP) is 3.53. The number of amides is 1. The molecule has 0 radical (unpaired) electrons. The molecule has 0 aliphatic carbocycles. The molecule has 0 saturated heterocycles. The zero-order valence-electron chi connectivity index (χ0n) is 14.1. The number of fused-ring (bicyclic) bond motifs is 1. The van der Waals surface area contributed by atoms with Crippen LogP contribution in [-0.4, -0.2) is 26.9 Å². The molecule has 8 heteroatoms. The van der Waals surface area contributed by atoms with Crippen LogP contribution in [0.15, 0.2) is 42.5 Å². The maximum Gasteiger partial charge on any atom is 0.250 e. The largest absolute Gasteiger partial charge is 0.497 e. The van der Waals surface area contributed by atoms with Gasteiger partial charge >= 0.3 is 0 Å². The zero-order chi connectivity index (χ0) is 18.5. The molecule has 0 fully saturated rings. The lowest BCUT2D eigenvalue weighted by Crippen LogP contribution is -2.33. The lowest BCUT2D eigenvalue weighted by molar-refractivity contribution is -0.115. The summed E-state index contributed by atoms with van der Waals surface area (Å²) in [4.78, 5) is 12.1. The number of hydrogen-bond donors (Lipinski definition) is 2. The van der Waals surface area contributed by atoms with Gasteiger partial charge in [-0.2, -0.15) is 8.75 Å². The predicted molar refractivity (Wildman–Crippen MR) is 109 cm³/mol. The lowest BCUT2D eigenvalue weighted by atomic mass is 10.1. The van der Waals surface area contributed by atoms with Crippen LogP contribution in [0.5, 0.6) is 5.75 Å². The number of anilines is 1. The SMILES string of the molecule is COc1ccc(/C=C/C(=O)NC(=S)Nc2c(C)ccc3nsnc23)cc1. The van der Waals surface area contributed by atoms with E-state index in [1.54, 1.807) is 13.2 Å². The molecular formula is C18H16N4O2S2. The number of thiocarbonyl (C=S) groups is 1. The molecule has 6 nitrogen and oxygen atoms in total. The molecule has 132 valence electrons. The molecule has 3 rings (SSSR count). The fourth-order valence-corrected chi connectivity index (χ4v) is 3.04. The van der Waals surface area contributed by atoms with E-state index in [2.05, 4.69) is 19.4 Å². The summed E-state index contributed by atoms with van der Waals surface area (Å²) in [5, 5.41) is 5.87. The minimum absolute atomic E-state index is 0.206. The number of methoxy groups -OCH3 is 1. The van der Waals surface area contributed by atoms with Crippen molar-refractivity contribution in [2.45, 2.75) is 6.92 Å². The van der Waals surface area contributed by atoms with Crippen molar-refractivity contribution in [1.82, 2.24) is 14.1 Å². The van der Waals surface area contributed by atoms with Crippen LogP contribution in [0, 0.1) is 6.92 Å². The molecule has 3 aromatic rings. The lowest BCUT2D eigenvalue weighted by Gasteiger charge is -2.11. The normalized spacial score (nSPS) is 10.8. The Hall–Kier alpha value is -2.84. The molecule has 2 aromatic carbocycles. The Balaban J connectivity index is 1.63. The van der Waals surface area contributed by atoms with E-state index in [1.807, 2.05) is 43.3 Å². The van der Waals surface area contributed by atoms with Gasteiger partial charge in [0.25, 0.3) is 0 Å². The van der Waals surface area contributed by atoms with Crippen LogP contribution in [0.4, 0.5) is 5.69 Å². The number of benzene rings is 2. The van der Waals surface area contributed by atoms with Crippen LogP contribution in [-0.2, 0) is 4.79 Å². The quantitative estimate of drug-likeness (QED) is 0.529. The number of ether oxygens (including phenoxy) is 1. The number of hydrogen-bond acceptors (Lipinski definition) is 6. The minimum atomic E-state index is -0.320.